The first-order chi connectivity index (χ1) is 16.1. The first-order valence-corrected chi connectivity index (χ1v) is 13.0. The van der Waals surface area contributed by atoms with Crippen molar-refractivity contribution >= 4 is 60.6 Å². The second kappa shape index (κ2) is 11.0. The van der Waals surface area contributed by atoms with Crippen LogP contribution in [0, 0.1) is 13.8 Å². The zero-order valence-electron chi connectivity index (χ0n) is 18.8. The lowest BCUT2D eigenvalue weighted by atomic mass is 10.1. The Balaban J connectivity index is 1.74. The number of thiocarbonyl (C=S) groups is 1. The van der Waals surface area contributed by atoms with Gasteiger partial charge in [0.1, 0.15) is 5.75 Å². The summed E-state index contributed by atoms with van der Waals surface area (Å²) in [5.74, 6) is 0.259. The van der Waals surface area contributed by atoms with Gasteiger partial charge in [-0.15, -0.1) is 0 Å². The number of hydrogen-bond donors (Lipinski definition) is 3. The largest absolute Gasteiger partial charge is 0.493 e. The van der Waals surface area contributed by atoms with Gasteiger partial charge in [0.15, 0.2) is 5.11 Å². The summed E-state index contributed by atoms with van der Waals surface area (Å²) in [6.45, 7) is 5.99. The maximum Gasteiger partial charge on any atom is 0.262 e. The van der Waals surface area contributed by atoms with E-state index in [2.05, 4.69) is 31.3 Å². The molecule has 0 aliphatic carbocycles. The summed E-state index contributed by atoms with van der Waals surface area (Å²) in [6.07, 6.45) is 0. The summed E-state index contributed by atoms with van der Waals surface area (Å²) in [6, 6.07) is 16.8. The van der Waals surface area contributed by atoms with Gasteiger partial charge in [-0.25, -0.2) is 8.42 Å². The molecule has 0 fully saturated rings. The van der Waals surface area contributed by atoms with Gasteiger partial charge in [0, 0.05) is 11.3 Å². The van der Waals surface area contributed by atoms with Crippen LogP contribution in [0.2, 0.25) is 0 Å². The molecule has 0 aliphatic heterocycles. The minimum atomic E-state index is -3.90. The van der Waals surface area contributed by atoms with Crippen molar-refractivity contribution in [3.8, 4) is 5.75 Å². The Kier molecular flexibility index (Phi) is 8.29. The third kappa shape index (κ3) is 6.55. The van der Waals surface area contributed by atoms with Crippen molar-refractivity contribution in [3.63, 3.8) is 0 Å². The van der Waals surface area contributed by atoms with Gasteiger partial charge in [-0.2, -0.15) is 0 Å². The molecule has 0 saturated carbocycles. The number of amides is 1. The van der Waals surface area contributed by atoms with Crippen LogP contribution in [0.15, 0.2) is 70.0 Å². The van der Waals surface area contributed by atoms with E-state index in [1.807, 2.05) is 26.0 Å². The smallest absolute Gasteiger partial charge is 0.262 e. The number of benzene rings is 3. The molecular formula is C24H24BrN3O4S2. The Morgan fingerprint density at radius 1 is 1.00 bits per heavy atom. The molecule has 0 atom stereocenters. The number of rotatable bonds is 7. The molecule has 3 aromatic rings. The van der Waals surface area contributed by atoms with Gasteiger partial charge in [-0.05, 0) is 96.9 Å². The second-order valence-corrected chi connectivity index (χ2v) is 10.4. The van der Waals surface area contributed by atoms with Crippen molar-refractivity contribution in [1.29, 1.82) is 0 Å². The van der Waals surface area contributed by atoms with Crippen LogP contribution >= 0.6 is 28.1 Å². The van der Waals surface area contributed by atoms with Crippen molar-refractivity contribution in [2.24, 2.45) is 0 Å². The lowest BCUT2D eigenvalue weighted by molar-refractivity contribution is 0.0977. The Hall–Kier alpha value is -2.95. The van der Waals surface area contributed by atoms with Crippen LogP contribution in [0.1, 0.15) is 28.4 Å². The molecule has 0 aromatic heterocycles. The van der Waals surface area contributed by atoms with Crippen LogP contribution in [-0.4, -0.2) is 26.0 Å². The number of halogens is 1. The standard InChI is InChI=1S/C24H24BrN3O4S2/c1-4-32-21-12-11-19(13-20(21)25)28-34(30,31)22-14-18(10-7-16(22)3)26-24(33)27-23(29)17-8-5-15(2)6-9-17/h5-14,28H,4H2,1-3H3,(H2,26,27,29,33). The minimum Gasteiger partial charge on any atom is -0.493 e. The molecule has 34 heavy (non-hydrogen) atoms. The van der Waals surface area contributed by atoms with Gasteiger partial charge in [-0.3, -0.25) is 14.8 Å². The second-order valence-electron chi connectivity index (χ2n) is 7.44. The summed E-state index contributed by atoms with van der Waals surface area (Å²) >= 11 is 8.62. The van der Waals surface area contributed by atoms with Crippen LogP contribution in [0.3, 0.4) is 0 Å². The molecule has 178 valence electrons. The van der Waals surface area contributed by atoms with Crippen molar-refractivity contribution in [2.45, 2.75) is 25.7 Å². The molecule has 3 aromatic carbocycles. The number of aryl methyl sites for hydroxylation is 2. The van der Waals surface area contributed by atoms with Crippen molar-refractivity contribution in [1.82, 2.24) is 5.32 Å². The highest BCUT2D eigenvalue weighted by Crippen LogP contribution is 2.30. The highest BCUT2D eigenvalue weighted by atomic mass is 79.9. The third-order valence-corrected chi connectivity index (χ3v) is 7.11. The predicted molar refractivity (Wildman–Crippen MR) is 142 cm³/mol. The maximum atomic E-state index is 13.1. The Morgan fingerprint density at radius 2 is 1.68 bits per heavy atom. The van der Waals surface area contributed by atoms with Crippen molar-refractivity contribution < 1.29 is 17.9 Å². The maximum absolute atomic E-state index is 13.1. The normalized spacial score (nSPS) is 10.9. The van der Waals surface area contributed by atoms with Crippen LogP contribution in [0.4, 0.5) is 11.4 Å². The molecule has 0 heterocycles. The number of ether oxygens (including phenoxy) is 1. The molecule has 10 heteroatoms. The first kappa shape index (κ1) is 25.7. The zero-order valence-corrected chi connectivity index (χ0v) is 22.0. The highest BCUT2D eigenvalue weighted by molar-refractivity contribution is 9.10. The number of carbonyl (C=O) groups is 1. The minimum absolute atomic E-state index is 0.0566. The summed E-state index contributed by atoms with van der Waals surface area (Å²) in [5, 5.41) is 5.53. The average molecular weight is 563 g/mol. The van der Waals surface area contributed by atoms with Gasteiger partial charge in [0.2, 0.25) is 0 Å². The van der Waals surface area contributed by atoms with E-state index >= 15 is 0 Å². The van der Waals surface area contributed by atoms with E-state index in [9.17, 15) is 13.2 Å². The quantitative estimate of drug-likeness (QED) is 0.334. The average Bonchev–Trinajstić information content (AvgIpc) is 2.77. The monoisotopic (exact) mass is 561 g/mol. The number of carbonyl (C=O) groups excluding carboxylic acids is 1. The number of nitrogens with one attached hydrogen (secondary N) is 3. The van der Waals surface area contributed by atoms with E-state index in [4.69, 9.17) is 17.0 Å². The fraction of sp³-hybridized carbons (Fsp3) is 0.167. The van der Waals surface area contributed by atoms with Crippen molar-refractivity contribution in [2.75, 3.05) is 16.6 Å². The lowest BCUT2D eigenvalue weighted by Gasteiger charge is -2.15. The van der Waals surface area contributed by atoms with E-state index < -0.39 is 10.0 Å². The van der Waals surface area contributed by atoms with E-state index in [1.54, 1.807) is 49.4 Å². The molecule has 0 bridgehead atoms. The van der Waals surface area contributed by atoms with Gasteiger partial charge >= 0.3 is 0 Å². The number of sulfonamides is 1. The molecule has 0 saturated heterocycles. The summed E-state index contributed by atoms with van der Waals surface area (Å²) < 4.78 is 34.8. The molecular weight excluding hydrogens is 538 g/mol. The Morgan fingerprint density at radius 3 is 2.32 bits per heavy atom. The van der Waals surface area contributed by atoms with Gasteiger partial charge < -0.3 is 10.1 Å². The third-order valence-electron chi connectivity index (χ3n) is 4.76. The Bertz CT molecular complexity index is 1330. The topological polar surface area (TPSA) is 96.5 Å². The predicted octanol–water partition coefficient (Wildman–Crippen LogP) is 5.39. The SMILES string of the molecule is CCOc1ccc(NS(=O)(=O)c2cc(NC(=S)NC(=O)c3ccc(C)cc3)ccc2C)cc1Br. The molecule has 7 nitrogen and oxygen atoms in total. The van der Waals surface area contributed by atoms with E-state index in [0.29, 0.717) is 39.3 Å². The van der Waals surface area contributed by atoms with Gasteiger partial charge in [0.05, 0.1) is 21.7 Å². The number of hydrogen-bond acceptors (Lipinski definition) is 5. The fourth-order valence-electron chi connectivity index (χ4n) is 3.06. The van der Waals surface area contributed by atoms with E-state index in [0.717, 1.165) is 5.56 Å². The highest BCUT2D eigenvalue weighted by Gasteiger charge is 2.19. The van der Waals surface area contributed by atoms with Gasteiger partial charge in [-0.1, -0.05) is 23.8 Å². The summed E-state index contributed by atoms with van der Waals surface area (Å²) in [4.78, 5) is 12.5. The fourth-order valence-corrected chi connectivity index (χ4v) is 5.08. The summed E-state index contributed by atoms with van der Waals surface area (Å²) in [5.41, 5.74) is 2.86. The molecule has 0 unspecified atom stereocenters. The van der Waals surface area contributed by atoms with Crippen LogP contribution in [0.5, 0.6) is 5.75 Å². The molecule has 3 N–H and O–H groups in total. The van der Waals surface area contributed by atoms with Crippen LogP contribution in [-0.2, 0) is 10.0 Å². The van der Waals surface area contributed by atoms with Crippen molar-refractivity contribution in [3.05, 3.63) is 81.8 Å². The van der Waals surface area contributed by atoms with Crippen LogP contribution < -0.4 is 20.1 Å². The summed E-state index contributed by atoms with van der Waals surface area (Å²) in [7, 11) is -3.90. The Labute approximate surface area is 213 Å². The first-order valence-electron chi connectivity index (χ1n) is 10.3. The molecule has 0 aliphatic rings. The number of anilines is 2. The zero-order chi connectivity index (χ0) is 24.9. The molecule has 3 rings (SSSR count). The lowest BCUT2D eigenvalue weighted by Crippen LogP contribution is -2.34. The molecule has 1 amide bonds. The van der Waals surface area contributed by atoms with E-state index in [-0.39, 0.29) is 15.9 Å². The molecule has 0 radical (unpaired) electrons. The van der Waals surface area contributed by atoms with Gasteiger partial charge in [0.25, 0.3) is 15.9 Å². The van der Waals surface area contributed by atoms with Crippen LogP contribution in [0.25, 0.3) is 0 Å². The molecule has 0 spiro atoms. The van der Waals surface area contributed by atoms with E-state index in [1.165, 1.54) is 6.07 Å².